The second-order valence-corrected chi connectivity index (χ2v) is 4.36. The van der Waals surface area contributed by atoms with E-state index in [0.29, 0.717) is 0 Å². The Morgan fingerprint density at radius 1 is 1.12 bits per heavy atom. The molecule has 2 rings (SSSR count). The molecule has 3 heteroatoms. The van der Waals surface area contributed by atoms with Gasteiger partial charge in [0.15, 0.2) is 0 Å². The van der Waals surface area contributed by atoms with Crippen molar-refractivity contribution in [2.24, 2.45) is 0 Å². The first-order valence-corrected chi connectivity index (χ1v) is 5.75. The monoisotopic (exact) mass is 232 g/mol. The molecule has 0 aliphatic heterocycles. The quantitative estimate of drug-likeness (QED) is 0.856. The van der Waals surface area contributed by atoms with Gasteiger partial charge < -0.3 is 5.43 Å². The molecule has 1 heterocycles. The fraction of sp³-hybridized carbons (Fsp3) is 0.286. The molecule has 1 unspecified atom stereocenters. The van der Waals surface area contributed by atoms with Crippen LogP contribution in [0.5, 0.6) is 0 Å². The van der Waals surface area contributed by atoms with Gasteiger partial charge in [-0.15, -0.1) is 0 Å². The highest BCUT2D eigenvalue weighted by molar-refractivity contribution is 5.23. The van der Waals surface area contributed by atoms with Crippen molar-refractivity contribution in [3.8, 4) is 0 Å². The lowest BCUT2D eigenvalue weighted by Crippen LogP contribution is -2.20. The number of nitrogens with zero attached hydrogens (tertiary/aromatic N) is 1. The number of halogens is 1. The minimum atomic E-state index is -0.197. The van der Waals surface area contributed by atoms with Crippen LogP contribution in [0.3, 0.4) is 0 Å². The zero-order valence-corrected chi connectivity index (χ0v) is 10.4. The minimum absolute atomic E-state index is 0.0653. The number of aryl methyl sites for hydroxylation is 2. The third kappa shape index (κ3) is 2.49. The summed E-state index contributed by atoms with van der Waals surface area (Å²) in [6, 6.07) is 10.9. The Bertz CT molecular complexity index is 497. The first-order valence-electron chi connectivity index (χ1n) is 5.75. The summed E-state index contributed by atoms with van der Waals surface area (Å²) in [5.41, 5.74) is 6.58. The van der Waals surface area contributed by atoms with Crippen LogP contribution in [0.15, 0.2) is 36.4 Å². The van der Waals surface area contributed by atoms with E-state index < -0.39 is 0 Å². The van der Waals surface area contributed by atoms with Crippen LogP contribution in [0.2, 0.25) is 0 Å². The van der Waals surface area contributed by atoms with Crippen LogP contribution < -0.4 is 5.43 Å². The first-order chi connectivity index (χ1) is 8.08. The average Bonchev–Trinajstić information content (AvgIpc) is 2.61. The number of rotatable bonds is 3. The Labute approximate surface area is 101 Å². The zero-order chi connectivity index (χ0) is 12.4. The molecule has 0 aliphatic rings. The molecule has 0 amide bonds. The highest BCUT2D eigenvalue weighted by Crippen LogP contribution is 2.16. The Balaban J connectivity index is 2.20. The number of benzene rings is 1. The summed E-state index contributed by atoms with van der Waals surface area (Å²) in [5, 5.41) is 0. The maximum atomic E-state index is 13.1. The van der Waals surface area contributed by atoms with Crippen molar-refractivity contribution in [2.75, 3.05) is 5.43 Å². The van der Waals surface area contributed by atoms with Crippen molar-refractivity contribution < 1.29 is 4.39 Å². The zero-order valence-electron chi connectivity index (χ0n) is 10.4. The molecule has 0 saturated heterocycles. The largest absolute Gasteiger partial charge is 0.319 e. The second-order valence-electron chi connectivity index (χ2n) is 4.36. The second kappa shape index (κ2) is 4.62. The molecule has 90 valence electrons. The van der Waals surface area contributed by atoms with Crippen LogP contribution in [0.1, 0.15) is 29.9 Å². The minimum Gasteiger partial charge on any atom is -0.319 e. The molecule has 1 N–H and O–H groups in total. The molecule has 2 aromatic rings. The van der Waals surface area contributed by atoms with Gasteiger partial charge in [0.2, 0.25) is 0 Å². The van der Waals surface area contributed by atoms with Crippen molar-refractivity contribution in [1.82, 2.24) is 4.68 Å². The van der Waals surface area contributed by atoms with Gasteiger partial charge in [-0.05, 0) is 50.6 Å². The van der Waals surface area contributed by atoms with Gasteiger partial charge in [0.1, 0.15) is 5.82 Å². The lowest BCUT2D eigenvalue weighted by molar-refractivity contribution is 0.619. The summed E-state index contributed by atoms with van der Waals surface area (Å²) in [6.07, 6.45) is 0. The van der Waals surface area contributed by atoms with Crippen LogP contribution in [-0.2, 0) is 0 Å². The molecule has 0 radical (unpaired) electrons. The summed E-state index contributed by atoms with van der Waals surface area (Å²) in [6.45, 7) is 6.10. The Morgan fingerprint density at radius 3 is 2.35 bits per heavy atom. The van der Waals surface area contributed by atoms with Crippen molar-refractivity contribution in [3.05, 3.63) is 59.2 Å². The van der Waals surface area contributed by atoms with Crippen LogP contribution in [0, 0.1) is 19.7 Å². The molecule has 0 spiro atoms. The molecule has 0 fully saturated rings. The molecule has 0 bridgehead atoms. The van der Waals surface area contributed by atoms with E-state index in [1.54, 1.807) is 12.1 Å². The number of hydrogen-bond donors (Lipinski definition) is 1. The summed E-state index contributed by atoms with van der Waals surface area (Å²) < 4.78 is 15.2. The lowest BCUT2D eigenvalue weighted by atomic mass is 10.1. The van der Waals surface area contributed by atoms with Crippen LogP contribution in [-0.4, -0.2) is 4.68 Å². The Hall–Kier alpha value is -1.77. The SMILES string of the molecule is Cc1ccc(C)n1NC(C)c1cccc(F)c1. The van der Waals surface area contributed by atoms with Gasteiger partial charge in [-0.3, -0.25) is 4.68 Å². The smallest absolute Gasteiger partial charge is 0.123 e. The molecule has 1 atom stereocenters. The number of aromatic nitrogens is 1. The summed E-state index contributed by atoms with van der Waals surface area (Å²) >= 11 is 0. The summed E-state index contributed by atoms with van der Waals surface area (Å²) in [7, 11) is 0. The molecular weight excluding hydrogens is 215 g/mol. The van der Waals surface area contributed by atoms with E-state index in [0.717, 1.165) is 17.0 Å². The van der Waals surface area contributed by atoms with Gasteiger partial charge in [0.25, 0.3) is 0 Å². The topological polar surface area (TPSA) is 17.0 Å². The standard InChI is InChI=1S/C14H17FN2/c1-10-7-8-11(2)17(10)16-12(3)13-5-4-6-14(15)9-13/h4-9,12,16H,1-3H3. The van der Waals surface area contributed by atoms with E-state index in [1.165, 1.54) is 6.07 Å². The molecule has 17 heavy (non-hydrogen) atoms. The Morgan fingerprint density at radius 2 is 1.76 bits per heavy atom. The van der Waals surface area contributed by atoms with Crippen molar-refractivity contribution in [2.45, 2.75) is 26.8 Å². The van der Waals surface area contributed by atoms with E-state index in [9.17, 15) is 4.39 Å². The van der Waals surface area contributed by atoms with E-state index in [4.69, 9.17) is 0 Å². The van der Waals surface area contributed by atoms with Crippen molar-refractivity contribution in [1.29, 1.82) is 0 Å². The number of hydrogen-bond acceptors (Lipinski definition) is 1. The predicted octanol–water partition coefficient (Wildman–Crippen LogP) is 3.55. The molecule has 0 saturated carbocycles. The molecule has 1 aromatic heterocycles. The first kappa shape index (κ1) is 11.7. The maximum absolute atomic E-state index is 13.1. The molecular formula is C14H17FN2. The van der Waals surface area contributed by atoms with Gasteiger partial charge in [0.05, 0.1) is 6.04 Å². The van der Waals surface area contributed by atoms with Gasteiger partial charge >= 0.3 is 0 Å². The van der Waals surface area contributed by atoms with E-state index in [1.807, 2.05) is 31.5 Å². The third-order valence-corrected chi connectivity index (χ3v) is 2.94. The maximum Gasteiger partial charge on any atom is 0.123 e. The molecule has 2 nitrogen and oxygen atoms in total. The van der Waals surface area contributed by atoms with Gasteiger partial charge in [-0.2, -0.15) is 0 Å². The predicted molar refractivity (Wildman–Crippen MR) is 68.1 cm³/mol. The Kier molecular flexibility index (Phi) is 3.18. The van der Waals surface area contributed by atoms with Crippen LogP contribution >= 0.6 is 0 Å². The highest BCUT2D eigenvalue weighted by atomic mass is 19.1. The third-order valence-electron chi connectivity index (χ3n) is 2.94. The van der Waals surface area contributed by atoms with Gasteiger partial charge in [-0.25, -0.2) is 4.39 Å². The van der Waals surface area contributed by atoms with E-state index >= 15 is 0 Å². The van der Waals surface area contributed by atoms with Gasteiger partial charge in [0, 0.05) is 11.4 Å². The lowest BCUT2D eigenvalue weighted by Gasteiger charge is -2.19. The fourth-order valence-corrected chi connectivity index (χ4v) is 1.92. The molecule has 1 aromatic carbocycles. The van der Waals surface area contributed by atoms with E-state index in [2.05, 4.69) is 17.6 Å². The normalized spacial score (nSPS) is 12.5. The van der Waals surface area contributed by atoms with Crippen LogP contribution in [0.25, 0.3) is 0 Å². The molecule has 0 aliphatic carbocycles. The highest BCUT2D eigenvalue weighted by Gasteiger charge is 2.08. The van der Waals surface area contributed by atoms with E-state index in [-0.39, 0.29) is 11.9 Å². The number of nitrogens with one attached hydrogen (secondary N) is 1. The fourth-order valence-electron chi connectivity index (χ4n) is 1.92. The average molecular weight is 232 g/mol. The van der Waals surface area contributed by atoms with Gasteiger partial charge in [-0.1, -0.05) is 12.1 Å². The van der Waals surface area contributed by atoms with Crippen molar-refractivity contribution >= 4 is 0 Å². The summed E-state index contributed by atoms with van der Waals surface area (Å²) in [4.78, 5) is 0. The summed E-state index contributed by atoms with van der Waals surface area (Å²) in [5.74, 6) is -0.197. The van der Waals surface area contributed by atoms with Crippen LogP contribution in [0.4, 0.5) is 4.39 Å². The van der Waals surface area contributed by atoms with Crippen molar-refractivity contribution in [3.63, 3.8) is 0 Å².